The van der Waals surface area contributed by atoms with Crippen LogP contribution in [0.5, 0.6) is 0 Å². The van der Waals surface area contributed by atoms with Crippen molar-refractivity contribution in [2.45, 2.75) is 13.3 Å². The number of benzene rings is 1. The Bertz CT molecular complexity index is 557. The van der Waals surface area contributed by atoms with Crippen molar-refractivity contribution in [2.75, 3.05) is 6.61 Å². The number of esters is 1. The first kappa shape index (κ1) is 12.0. The summed E-state index contributed by atoms with van der Waals surface area (Å²) >= 11 is 3.39. The van der Waals surface area contributed by atoms with E-state index in [9.17, 15) is 4.79 Å². The zero-order valence-electron chi connectivity index (χ0n) is 9.31. The first-order chi connectivity index (χ1) is 8.20. The van der Waals surface area contributed by atoms with Crippen LogP contribution in [0.2, 0.25) is 0 Å². The molecule has 0 saturated carbocycles. The number of halogens is 1. The smallest absolute Gasteiger partial charge is 0.311 e. The first-order valence-electron chi connectivity index (χ1n) is 5.25. The van der Waals surface area contributed by atoms with Gasteiger partial charge in [-0.25, -0.2) is 9.97 Å². The Balaban J connectivity index is 2.39. The normalized spacial score (nSPS) is 10.5. The second-order valence-corrected chi connectivity index (χ2v) is 4.38. The SMILES string of the molecule is CCOC(=O)Cc1ncnc2ccc(Br)cc12. The Morgan fingerprint density at radius 2 is 2.24 bits per heavy atom. The van der Waals surface area contributed by atoms with Crippen molar-refractivity contribution in [2.24, 2.45) is 0 Å². The van der Waals surface area contributed by atoms with Gasteiger partial charge in [-0.1, -0.05) is 15.9 Å². The number of carbonyl (C=O) groups is 1. The molecule has 2 aromatic rings. The summed E-state index contributed by atoms with van der Waals surface area (Å²) in [6, 6.07) is 5.70. The molecular formula is C12H11BrN2O2. The van der Waals surface area contributed by atoms with Crippen LogP contribution in [0, 0.1) is 0 Å². The molecule has 0 atom stereocenters. The lowest BCUT2D eigenvalue weighted by Crippen LogP contribution is -2.09. The zero-order valence-corrected chi connectivity index (χ0v) is 10.9. The minimum Gasteiger partial charge on any atom is -0.466 e. The van der Waals surface area contributed by atoms with E-state index in [1.807, 2.05) is 18.2 Å². The van der Waals surface area contributed by atoms with Crippen LogP contribution >= 0.6 is 15.9 Å². The van der Waals surface area contributed by atoms with E-state index in [1.54, 1.807) is 6.92 Å². The monoisotopic (exact) mass is 294 g/mol. The predicted molar refractivity (Wildman–Crippen MR) is 67.6 cm³/mol. The number of hydrogen-bond donors (Lipinski definition) is 0. The highest BCUT2D eigenvalue weighted by molar-refractivity contribution is 9.10. The minimum atomic E-state index is -0.271. The summed E-state index contributed by atoms with van der Waals surface area (Å²) in [6.07, 6.45) is 1.63. The third-order valence-electron chi connectivity index (χ3n) is 2.30. The second kappa shape index (κ2) is 5.23. The Hall–Kier alpha value is -1.49. The van der Waals surface area contributed by atoms with Crippen molar-refractivity contribution in [3.8, 4) is 0 Å². The van der Waals surface area contributed by atoms with Gasteiger partial charge < -0.3 is 4.74 Å². The van der Waals surface area contributed by atoms with E-state index in [0.29, 0.717) is 12.3 Å². The molecule has 1 heterocycles. The maximum absolute atomic E-state index is 11.4. The number of carbonyl (C=O) groups excluding carboxylic acids is 1. The van der Waals surface area contributed by atoms with Gasteiger partial charge in [0.25, 0.3) is 0 Å². The molecule has 0 fully saturated rings. The maximum Gasteiger partial charge on any atom is 0.311 e. The van der Waals surface area contributed by atoms with Crippen LogP contribution in [0.4, 0.5) is 0 Å². The third kappa shape index (κ3) is 2.79. The van der Waals surface area contributed by atoms with Gasteiger partial charge in [0, 0.05) is 9.86 Å². The molecule has 1 aromatic carbocycles. The van der Waals surface area contributed by atoms with Crippen LogP contribution in [-0.2, 0) is 16.0 Å². The summed E-state index contributed by atoms with van der Waals surface area (Å²) in [6.45, 7) is 2.16. The van der Waals surface area contributed by atoms with Crippen LogP contribution < -0.4 is 0 Å². The number of rotatable bonds is 3. The van der Waals surface area contributed by atoms with Crippen molar-refractivity contribution in [3.63, 3.8) is 0 Å². The van der Waals surface area contributed by atoms with Gasteiger partial charge in [0.2, 0.25) is 0 Å². The van der Waals surface area contributed by atoms with Gasteiger partial charge in [-0.2, -0.15) is 0 Å². The molecule has 0 aliphatic heterocycles. The van der Waals surface area contributed by atoms with E-state index < -0.39 is 0 Å². The summed E-state index contributed by atoms with van der Waals surface area (Å²) in [7, 11) is 0. The topological polar surface area (TPSA) is 52.1 Å². The van der Waals surface area contributed by atoms with Crippen LogP contribution in [0.1, 0.15) is 12.6 Å². The number of nitrogens with zero attached hydrogens (tertiary/aromatic N) is 2. The van der Waals surface area contributed by atoms with Gasteiger partial charge in [0.15, 0.2) is 0 Å². The molecule has 0 N–H and O–H groups in total. The highest BCUT2D eigenvalue weighted by Crippen LogP contribution is 2.20. The second-order valence-electron chi connectivity index (χ2n) is 3.46. The quantitative estimate of drug-likeness (QED) is 0.816. The largest absolute Gasteiger partial charge is 0.466 e. The van der Waals surface area contributed by atoms with Gasteiger partial charge in [-0.15, -0.1) is 0 Å². The van der Waals surface area contributed by atoms with E-state index in [-0.39, 0.29) is 12.4 Å². The van der Waals surface area contributed by atoms with Crippen molar-refractivity contribution in [3.05, 3.63) is 34.7 Å². The fourth-order valence-corrected chi connectivity index (χ4v) is 1.93. The highest BCUT2D eigenvalue weighted by Gasteiger charge is 2.09. The standard InChI is InChI=1S/C12H11BrN2O2/c1-2-17-12(16)6-11-9-5-8(13)3-4-10(9)14-7-15-11/h3-5,7H,2,6H2,1H3. The first-order valence-corrected chi connectivity index (χ1v) is 6.04. The lowest BCUT2D eigenvalue weighted by Gasteiger charge is -2.05. The molecule has 4 nitrogen and oxygen atoms in total. The van der Waals surface area contributed by atoms with E-state index in [4.69, 9.17) is 4.74 Å². The molecule has 0 bridgehead atoms. The van der Waals surface area contributed by atoms with Gasteiger partial charge in [0.1, 0.15) is 6.33 Å². The molecule has 0 amide bonds. The molecule has 5 heteroatoms. The number of hydrogen-bond acceptors (Lipinski definition) is 4. The van der Waals surface area contributed by atoms with Crippen molar-refractivity contribution in [1.82, 2.24) is 9.97 Å². The Labute approximate surface area is 107 Å². The summed E-state index contributed by atoms with van der Waals surface area (Å²) in [5.41, 5.74) is 1.51. The van der Waals surface area contributed by atoms with Crippen LogP contribution in [0.25, 0.3) is 10.9 Å². The molecule has 0 aliphatic carbocycles. The number of fused-ring (bicyclic) bond motifs is 1. The average Bonchev–Trinajstić information content (AvgIpc) is 2.30. The molecule has 1 aromatic heterocycles. The Kier molecular flexibility index (Phi) is 3.68. The van der Waals surface area contributed by atoms with Crippen molar-refractivity contribution >= 4 is 32.8 Å². The molecule has 0 unspecified atom stereocenters. The van der Waals surface area contributed by atoms with E-state index >= 15 is 0 Å². The number of aromatic nitrogens is 2. The maximum atomic E-state index is 11.4. The lowest BCUT2D eigenvalue weighted by atomic mass is 10.1. The molecular weight excluding hydrogens is 284 g/mol. The van der Waals surface area contributed by atoms with E-state index in [0.717, 1.165) is 15.4 Å². The zero-order chi connectivity index (χ0) is 12.3. The predicted octanol–water partition coefficient (Wildman–Crippen LogP) is 2.50. The molecule has 0 saturated heterocycles. The third-order valence-corrected chi connectivity index (χ3v) is 2.79. The molecule has 0 spiro atoms. The van der Waals surface area contributed by atoms with Crippen LogP contribution in [-0.4, -0.2) is 22.5 Å². The van der Waals surface area contributed by atoms with E-state index in [1.165, 1.54) is 6.33 Å². The highest BCUT2D eigenvalue weighted by atomic mass is 79.9. The van der Waals surface area contributed by atoms with Crippen molar-refractivity contribution < 1.29 is 9.53 Å². The summed E-state index contributed by atoms with van der Waals surface area (Å²) in [5.74, 6) is -0.271. The molecule has 17 heavy (non-hydrogen) atoms. The van der Waals surface area contributed by atoms with Crippen LogP contribution in [0.3, 0.4) is 0 Å². The fourth-order valence-electron chi connectivity index (χ4n) is 1.57. The van der Waals surface area contributed by atoms with Gasteiger partial charge in [0.05, 0.1) is 24.2 Å². The Morgan fingerprint density at radius 3 is 3.00 bits per heavy atom. The molecule has 88 valence electrons. The summed E-state index contributed by atoms with van der Waals surface area (Å²) in [5, 5.41) is 0.870. The van der Waals surface area contributed by atoms with Crippen molar-refractivity contribution in [1.29, 1.82) is 0 Å². The molecule has 0 radical (unpaired) electrons. The van der Waals surface area contributed by atoms with Gasteiger partial charge >= 0.3 is 5.97 Å². The fraction of sp³-hybridized carbons (Fsp3) is 0.250. The summed E-state index contributed by atoms with van der Waals surface area (Å²) < 4.78 is 5.85. The molecule has 2 rings (SSSR count). The van der Waals surface area contributed by atoms with Crippen LogP contribution in [0.15, 0.2) is 29.0 Å². The van der Waals surface area contributed by atoms with Gasteiger partial charge in [-0.05, 0) is 25.1 Å². The Morgan fingerprint density at radius 1 is 1.41 bits per heavy atom. The van der Waals surface area contributed by atoms with E-state index in [2.05, 4.69) is 25.9 Å². The minimum absolute atomic E-state index is 0.170. The average molecular weight is 295 g/mol. The number of ether oxygens (including phenoxy) is 1. The summed E-state index contributed by atoms with van der Waals surface area (Å²) in [4.78, 5) is 19.7. The molecule has 0 aliphatic rings. The van der Waals surface area contributed by atoms with Gasteiger partial charge in [-0.3, -0.25) is 4.79 Å². The lowest BCUT2D eigenvalue weighted by molar-refractivity contribution is -0.142.